The van der Waals surface area contributed by atoms with Gasteiger partial charge in [0.2, 0.25) is 0 Å². The van der Waals surface area contributed by atoms with Gasteiger partial charge in [-0.2, -0.15) is 0 Å². The average Bonchev–Trinajstić information content (AvgIpc) is 2.58. The van der Waals surface area contributed by atoms with Crippen molar-refractivity contribution in [2.45, 2.75) is 39.5 Å². The first-order valence-corrected chi connectivity index (χ1v) is 8.76. The highest BCUT2D eigenvalue weighted by Crippen LogP contribution is 2.10. The molecular formula is C18H30N4O2. The van der Waals surface area contributed by atoms with Crippen LogP contribution >= 0.6 is 0 Å². The van der Waals surface area contributed by atoms with Crippen LogP contribution in [0.2, 0.25) is 0 Å². The molecule has 0 aliphatic rings. The zero-order valence-corrected chi connectivity index (χ0v) is 14.8. The molecule has 0 saturated heterocycles. The zero-order valence-electron chi connectivity index (χ0n) is 14.8. The number of phenols is 1. The summed E-state index contributed by atoms with van der Waals surface area (Å²) in [7, 11) is 0. The van der Waals surface area contributed by atoms with Gasteiger partial charge in [-0.25, -0.2) is 0 Å². The van der Waals surface area contributed by atoms with E-state index >= 15 is 0 Å². The Bertz CT molecular complexity index is 517. The molecule has 1 amide bonds. The first-order chi connectivity index (χ1) is 11.7. The molecule has 6 nitrogen and oxygen atoms in total. The van der Waals surface area contributed by atoms with Gasteiger partial charge in [0, 0.05) is 31.7 Å². The minimum Gasteiger partial charge on any atom is -0.508 e. The minimum absolute atomic E-state index is 0.0941. The van der Waals surface area contributed by atoms with Crippen LogP contribution in [0.3, 0.4) is 0 Å². The van der Waals surface area contributed by atoms with Gasteiger partial charge in [0.05, 0.1) is 0 Å². The van der Waals surface area contributed by atoms with E-state index in [2.05, 4.69) is 27.9 Å². The molecule has 1 rings (SSSR count). The van der Waals surface area contributed by atoms with E-state index in [1.165, 1.54) is 18.9 Å². The Kier molecular flexibility index (Phi) is 10.1. The number of unbranched alkanes of at least 4 members (excludes halogenated alkanes) is 2. The number of carbonyl (C=O) groups is 1. The fourth-order valence-corrected chi connectivity index (χ4v) is 2.14. The van der Waals surface area contributed by atoms with E-state index < -0.39 is 0 Å². The van der Waals surface area contributed by atoms with Crippen molar-refractivity contribution in [3.05, 3.63) is 29.8 Å². The summed E-state index contributed by atoms with van der Waals surface area (Å²) in [6, 6.07) is 6.33. The van der Waals surface area contributed by atoms with Crippen molar-refractivity contribution in [2.75, 3.05) is 26.2 Å². The Morgan fingerprint density at radius 2 is 1.88 bits per heavy atom. The number of aromatic hydroxyl groups is 1. The fourth-order valence-electron chi connectivity index (χ4n) is 2.14. The highest BCUT2D eigenvalue weighted by atomic mass is 16.3. The van der Waals surface area contributed by atoms with Crippen LogP contribution in [-0.2, 0) is 0 Å². The summed E-state index contributed by atoms with van der Waals surface area (Å²) >= 11 is 0. The van der Waals surface area contributed by atoms with Gasteiger partial charge in [-0.15, -0.1) is 0 Å². The molecule has 0 spiro atoms. The van der Waals surface area contributed by atoms with E-state index in [9.17, 15) is 9.90 Å². The van der Waals surface area contributed by atoms with Gasteiger partial charge in [-0.3, -0.25) is 9.79 Å². The number of nitrogens with zero attached hydrogens (tertiary/aromatic N) is 1. The molecule has 0 bridgehead atoms. The number of nitrogens with one attached hydrogen (secondary N) is 3. The molecule has 0 aliphatic heterocycles. The first kappa shape index (κ1) is 19.8. The van der Waals surface area contributed by atoms with Gasteiger partial charge >= 0.3 is 0 Å². The first-order valence-electron chi connectivity index (χ1n) is 8.76. The smallest absolute Gasteiger partial charge is 0.251 e. The number of benzene rings is 1. The Balaban J connectivity index is 2.27. The van der Waals surface area contributed by atoms with Gasteiger partial charge < -0.3 is 21.1 Å². The molecule has 0 radical (unpaired) electrons. The van der Waals surface area contributed by atoms with Crippen LogP contribution in [-0.4, -0.2) is 43.2 Å². The molecule has 134 valence electrons. The van der Waals surface area contributed by atoms with Crippen LogP contribution in [0.1, 0.15) is 49.9 Å². The molecule has 0 atom stereocenters. The molecule has 0 fully saturated rings. The van der Waals surface area contributed by atoms with Gasteiger partial charge in [0.15, 0.2) is 5.96 Å². The molecule has 1 aromatic rings. The maximum atomic E-state index is 11.9. The van der Waals surface area contributed by atoms with Crippen LogP contribution in [0.5, 0.6) is 5.75 Å². The van der Waals surface area contributed by atoms with Crippen LogP contribution in [0.25, 0.3) is 0 Å². The lowest BCUT2D eigenvalue weighted by Gasteiger charge is -2.11. The maximum absolute atomic E-state index is 11.9. The summed E-state index contributed by atoms with van der Waals surface area (Å²) in [5, 5.41) is 18.7. The van der Waals surface area contributed by atoms with E-state index in [0.717, 1.165) is 31.9 Å². The predicted molar refractivity (Wildman–Crippen MR) is 98.6 cm³/mol. The highest BCUT2D eigenvalue weighted by molar-refractivity contribution is 5.94. The molecule has 4 N–H and O–H groups in total. The number of aliphatic imine (C=N–C) groups is 1. The topological polar surface area (TPSA) is 85.8 Å². The molecule has 1 aromatic carbocycles. The summed E-state index contributed by atoms with van der Waals surface area (Å²) in [6.07, 6.45) is 4.32. The number of rotatable bonds is 10. The van der Waals surface area contributed by atoms with Crippen LogP contribution in [0, 0.1) is 0 Å². The van der Waals surface area contributed by atoms with Crippen molar-refractivity contribution in [3.63, 3.8) is 0 Å². The lowest BCUT2D eigenvalue weighted by molar-refractivity contribution is 0.0953. The molecule has 24 heavy (non-hydrogen) atoms. The lowest BCUT2D eigenvalue weighted by Crippen LogP contribution is -2.38. The quantitative estimate of drug-likeness (QED) is 0.300. The van der Waals surface area contributed by atoms with E-state index in [-0.39, 0.29) is 11.7 Å². The Labute approximate surface area is 144 Å². The van der Waals surface area contributed by atoms with E-state index in [1.807, 2.05) is 6.92 Å². The normalized spacial score (nSPS) is 11.2. The van der Waals surface area contributed by atoms with Crippen LogP contribution < -0.4 is 16.0 Å². The molecule has 0 unspecified atom stereocenters. The Morgan fingerprint density at radius 1 is 1.08 bits per heavy atom. The molecule has 0 saturated carbocycles. The summed E-state index contributed by atoms with van der Waals surface area (Å²) in [5.74, 6) is 0.740. The molecular weight excluding hydrogens is 304 g/mol. The Hall–Kier alpha value is -2.24. The molecule has 0 aliphatic carbocycles. The summed E-state index contributed by atoms with van der Waals surface area (Å²) in [6.45, 7) is 7.17. The lowest BCUT2D eigenvalue weighted by atomic mass is 10.2. The number of hydrogen-bond acceptors (Lipinski definition) is 3. The number of hydrogen-bond donors (Lipinski definition) is 4. The van der Waals surface area contributed by atoms with E-state index in [0.29, 0.717) is 18.7 Å². The molecule has 0 aromatic heterocycles. The second-order valence-corrected chi connectivity index (χ2v) is 5.55. The minimum atomic E-state index is -0.181. The third-order valence-corrected chi connectivity index (χ3v) is 3.42. The molecule has 6 heteroatoms. The number of phenolic OH excluding ortho intramolecular Hbond substituents is 1. The average molecular weight is 334 g/mol. The fraction of sp³-hybridized carbons (Fsp3) is 0.556. The van der Waals surface area contributed by atoms with Crippen LogP contribution in [0.4, 0.5) is 0 Å². The third kappa shape index (κ3) is 8.41. The third-order valence-electron chi connectivity index (χ3n) is 3.42. The number of guanidine groups is 1. The predicted octanol–water partition coefficient (Wildman–Crippen LogP) is 2.26. The van der Waals surface area contributed by atoms with Crippen molar-refractivity contribution >= 4 is 11.9 Å². The van der Waals surface area contributed by atoms with Gasteiger partial charge in [-0.1, -0.05) is 25.8 Å². The van der Waals surface area contributed by atoms with Crippen molar-refractivity contribution < 1.29 is 9.90 Å². The van der Waals surface area contributed by atoms with Crippen molar-refractivity contribution in [1.82, 2.24) is 16.0 Å². The number of amides is 1. The van der Waals surface area contributed by atoms with Crippen molar-refractivity contribution in [3.8, 4) is 5.75 Å². The largest absolute Gasteiger partial charge is 0.508 e. The second-order valence-electron chi connectivity index (χ2n) is 5.55. The molecule has 0 heterocycles. The van der Waals surface area contributed by atoms with E-state index in [1.54, 1.807) is 18.2 Å². The van der Waals surface area contributed by atoms with Crippen molar-refractivity contribution in [1.29, 1.82) is 0 Å². The maximum Gasteiger partial charge on any atom is 0.251 e. The van der Waals surface area contributed by atoms with Crippen molar-refractivity contribution in [2.24, 2.45) is 4.99 Å². The van der Waals surface area contributed by atoms with Crippen LogP contribution in [0.15, 0.2) is 29.3 Å². The summed E-state index contributed by atoms with van der Waals surface area (Å²) < 4.78 is 0. The number of carbonyl (C=O) groups excluding carboxylic acids is 1. The second kappa shape index (κ2) is 12.2. The van der Waals surface area contributed by atoms with E-state index in [4.69, 9.17) is 0 Å². The Morgan fingerprint density at radius 3 is 2.58 bits per heavy atom. The standard InChI is InChI=1S/C18H30N4O2/c1-3-5-6-11-21-18(19-4-2)22-13-8-12-20-17(24)15-9-7-10-16(23)14-15/h7,9-10,14,23H,3-6,8,11-13H2,1-2H3,(H,20,24)(H2,19,21,22). The zero-order chi connectivity index (χ0) is 17.6. The highest BCUT2D eigenvalue weighted by Gasteiger charge is 2.04. The monoisotopic (exact) mass is 334 g/mol. The summed E-state index contributed by atoms with van der Waals surface area (Å²) in [4.78, 5) is 16.4. The van der Waals surface area contributed by atoms with Gasteiger partial charge in [0.25, 0.3) is 5.91 Å². The SMILES string of the molecule is CCCCCNC(=NCCCNC(=O)c1cccc(O)c1)NCC. The van der Waals surface area contributed by atoms with Gasteiger partial charge in [0.1, 0.15) is 5.75 Å². The van der Waals surface area contributed by atoms with Gasteiger partial charge in [-0.05, 0) is 38.0 Å². The summed E-state index contributed by atoms with van der Waals surface area (Å²) in [5.41, 5.74) is 0.462.